The predicted molar refractivity (Wildman–Crippen MR) is 106 cm³/mol. The van der Waals surface area contributed by atoms with Crippen molar-refractivity contribution in [3.05, 3.63) is 89.2 Å². The largest absolute Gasteiger partial charge is 0.454 e. The monoisotopic (exact) mass is 371 g/mol. The normalized spacial score (nSPS) is 16.0. The number of hydrogen-bond donors (Lipinski definition) is 0. The number of rotatable bonds is 6. The van der Waals surface area contributed by atoms with Gasteiger partial charge in [0.05, 0.1) is 5.41 Å². The minimum absolute atomic E-state index is 0.231. The molecule has 1 fully saturated rings. The molecule has 0 bridgehead atoms. The van der Waals surface area contributed by atoms with E-state index in [-0.39, 0.29) is 18.0 Å². The van der Waals surface area contributed by atoms with E-state index in [4.69, 9.17) is 9.47 Å². The number of ketones is 1. The minimum Gasteiger partial charge on any atom is -0.454 e. The molecule has 4 heteroatoms. The van der Waals surface area contributed by atoms with Gasteiger partial charge in [0.15, 0.2) is 11.5 Å². The van der Waals surface area contributed by atoms with E-state index in [1.165, 1.54) is 5.56 Å². The molecule has 5 rings (SSSR count). The fraction of sp³-hybridized carbons (Fsp3) is 0.250. The van der Waals surface area contributed by atoms with Crippen molar-refractivity contribution in [1.82, 2.24) is 4.98 Å². The van der Waals surface area contributed by atoms with Crippen molar-refractivity contribution in [1.29, 1.82) is 0 Å². The van der Waals surface area contributed by atoms with E-state index in [1.54, 1.807) is 0 Å². The fourth-order valence-corrected chi connectivity index (χ4v) is 3.88. The lowest BCUT2D eigenvalue weighted by atomic mass is 9.88. The zero-order valence-corrected chi connectivity index (χ0v) is 15.6. The Labute approximate surface area is 164 Å². The van der Waals surface area contributed by atoms with Crippen molar-refractivity contribution in [2.24, 2.45) is 0 Å². The lowest BCUT2D eigenvalue weighted by Crippen LogP contribution is -2.23. The van der Waals surface area contributed by atoms with Gasteiger partial charge < -0.3 is 9.47 Å². The molecule has 1 aromatic heterocycles. The van der Waals surface area contributed by atoms with E-state index >= 15 is 0 Å². The lowest BCUT2D eigenvalue weighted by Gasteiger charge is -2.15. The van der Waals surface area contributed by atoms with Gasteiger partial charge >= 0.3 is 0 Å². The van der Waals surface area contributed by atoms with Gasteiger partial charge in [-0.15, -0.1) is 0 Å². The van der Waals surface area contributed by atoms with Crippen LogP contribution < -0.4 is 9.47 Å². The van der Waals surface area contributed by atoms with Crippen molar-refractivity contribution in [2.45, 2.75) is 31.1 Å². The summed E-state index contributed by atoms with van der Waals surface area (Å²) in [5, 5.41) is 0. The van der Waals surface area contributed by atoms with Crippen LogP contribution in [0, 0.1) is 0 Å². The Hall–Kier alpha value is -3.14. The van der Waals surface area contributed by atoms with Crippen LogP contribution in [0.1, 0.15) is 35.2 Å². The molecule has 0 radical (unpaired) electrons. The Morgan fingerprint density at radius 2 is 1.75 bits per heavy atom. The molecular weight excluding hydrogens is 350 g/mol. The number of benzene rings is 2. The average molecular weight is 371 g/mol. The Kier molecular flexibility index (Phi) is 4.12. The Bertz CT molecular complexity index is 1010. The number of aromatic nitrogens is 1. The Balaban J connectivity index is 1.29. The minimum atomic E-state index is -0.384. The second-order valence-electron chi connectivity index (χ2n) is 7.57. The number of nitrogens with zero attached hydrogens (tertiary/aromatic N) is 1. The highest BCUT2D eigenvalue weighted by molar-refractivity contribution is 5.94. The molecule has 0 amide bonds. The summed E-state index contributed by atoms with van der Waals surface area (Å²) in [5.74, 6) is 1.72. The first-order valence-corrected chi connectivity index (χ1v) is 9.64. The highest BCUT2D eigenvalue weighted by Gasteiger charge is 2.50. The standard InChI is InChI=1S/C24H21NO3/c26-23(24(10-11-24)19-7-9-21-22(13-19)28-16-27-21)14-20-8-6-18(15-25-20)12-17-4-2-1-3-5-17/h1-9,13,15H,10-12,14,16H2. The first kappa shape index (κ1) is 17.0. The first-order chi connectivity index (χ1) is 13.7. The van der Waals surface area contributed by atoms with Crippen LogP contribution in [0.2, 0.25) is 0 Å². The third-order valence-corrected chi connectivity index (χ3v) is 5.69. The maximum absolute atomic E-state index is 13.1. The number of carbonyl (C=O) groups excluding carboxylic acids is 1. The second-order valence-corrected chi connectivity index (χ2v) is 7.57. The first-order valence-electron chi connectivity index (χ1n) is 9.64. The molecule has 0 unspecified atom stereocenters. The molecular formula is C24H21NO3. The molecule has 0 N–H and O–H groups in total. The van der Waals surface area contributed by atoms with Gasteiger partial charge in [0.1, 0.15) is 5.78 Å². The van der Waals surface area contributed by atoms with Gasteiger partial charge in [0.25, 0.3) is 0 Å². The van der Waals surface area contributed by atoms with Crippen LogP contribution in [0.15, 0.2) is 66.9 Å². The summed E-state index contributed by atoms with van der Waals surface area (Å²) in [5.41, 5.74) is 3.88. The van der Waals surface area contributed by atoms with Crippen molar-refractivity contribution in [3.63, 3.8) is 0 Å². The van der Waals surface area contributed by atoms with Crippen LogP contribution in [0.25, 0.3) is 0 Å². The third kappa shape index (κ3) is 3.15. The molecule has 1 aliphatic heterocycles. The summed E-state index contributed by atoms with van der Waals surface area (Å²) in [4.78, 5) is 17.6. The number of fused-ring (bicyclic) bond motifs is 1. The van der Waals surface area contributed by atoms with Crippen LogP contribution in [-0.2, 0) is 23.1 Å². The van der Waals surface area contributed by atoms with E-state index in [0.717, 1.165) is 47.6 Å². The molecule has 1 saturated carbocycles. The van der Waals surface area contributed by atoms with Gasteiger partial charge in [-0.25, -0.2) is 0 Å². The lowest BCUT2D eigenvalue weighted by molar-refractivity contribution is -0.120. The quantitative estimate of drug-likeness (QED) is 0.650. The molecule has 0 spiro atoms. The summed E-state index contributed by atoms with van der Waals surface area (Å²) >= 11 is 0. The topological polar surface area (TPSA) is 48.4 Å². The maximum Gasteiger partial charge on any atom is 0.231 e. The van der Waals surface area contributed by atoms with Gasteiger partial charge in [-0.1, -0.05) is 42.5 Å². The van der Waals surface area contributed by atoms with Crippen LogP contribution in [0.5, 0.6) is 11.5 Å². The van der Waals surface area contributed by atoms with E-state index in [2.05, 4.69) is 23.2 Å². The van der Waals surface area contributed by atoms with Crippen molar-refractivity contribution < 1.29 is 14.3 Å². The third-order valence-electron chi connectivity index (χ3n) is 5.69. The fourth-order valence-electron chi connectivity index (χ4n) is 3.88. The maximum atomic E-state index is 13.1. The highest BCUT2D eigenvalue weighted by atomic mass is 16.7. The van der Waals surface area contributed by atoms with Gasteiger partial charge in [0.2, 0.25) is 6.79 Å². The SMILES string of the molecule is O=C(Cc1ccc(Cc2ccccc2)cn1)C1(c2ccc3c(c2)OCO3)CC1. The van der Waals surface area contributed by atoms with E-state index in [9.17, 15) is 4.79 Å². The molecule has 4 nitrogen and oxygen atoms in total. The molecule has 2 aliphatic rings. The summed E-state index contributed by atoms with van der Waals surface area (Å²) in [6, 6.07) is 20.2. The van der Waals surface area contributed by atoms with Crippen molar-refractivity contribution in [3.8, 4) is 11.5 Å². The molecule has 2 heterocycles. The predicted octanol–water partition coefficient (Wildman–Crippen LogP) is 4.24. The molecule has 28 heavy (non-hydrogen) atoms. The van der Waals surface area contributed by atoms with Gasteiger partial charge in [-0.3, -0.25) is 9.78 Å². The number of carbonyl (C=O) groups is 1. The second kappa shape index (κ2) is 6.79. The molecule has 0 atom stereocenters. The van der Waals surface area contributed by atoms with Crippen molar-refractivity contribution in [2.75, 3.05) is 6.79 Å². The molecule has 3 aromatic rings. The smallest absolute Gasteiger partial charge is 0.231 e. The van der Waals surface area contributed by atoms with Crippen LogP contribution in [0.4, 0.5) is 0 Å². The van der Waals surface area contributed by atoms with Crippen LogP contribution in [0.3, 0.4) is 0 Å². The summed E-state index contributed by atoms with van der Waals surface area (Å²) in [7, 11) is 0. The van der Waals surface area contributed by atoms with Gasteiger partial charge in [-0.2, -0.15) is 0 Å². The molecule has 0 saturated heterocycles. The zero-order chi connectivity index (χ0) is 19.0. The Morgan fingerprint density at radius 1 is 0.929 bits per heavy atom. The van der Waals surface area contributed by atoms with E-state index in [1.807, 2.05) is 48.7 Å². The average Bonchev–Trinajstić information content (AvgIpc) is 3.41. The molecule has 1 aliphatic carbocycles. The summed E-state index contributed by atoms with van der Waals surface area (Å²) < 4.78 is 10.9. The Morgan fingerprint density at radius 3 is 2.50 bits per heavy atom. The number of Topliss-reactive ketones (excluding diaryl/α,β-unsaturated/α-hetero) is 1. The van der Waals surface area contributed by atoms with E-state index < -0.39 is 0 Å². The number of pyridine rings is 1. The molecule has 2 aromatic carbocycles. The summed E-state index contributed by atoms with van der Waals surface area (Å²) in [6.07, 6.45) is 4.87. The van der Waals surface area contributed by atoms with E-state index in [0.29, 0.717) is 6.42 Å². The zero-order valence-electron chi connectivity index (χ0n) is 15.6. The van der Waals surface area contributed by atoms with Crippen LogP contribution in [-0.4, -0.2) is 17.6 Å². The summed E-state index contributed by atoms with van der Waals surface area (Å²) in [6.45, 7) is 0.249. The van der Waals surface area contributed by atoms with Gasteiger partial charge in [0, 0.05) is 18.3 Å². The number of ether oxygens (including phenoxy) is 2. The van der Waals surface area contributed by atoms with Crippen molar-refractivity contribution >= 4 is 5.78 Å². The highest BCUT2D eigenvalue weighted by Crippen LogP contribution is 2.51. The van der Waals surface area contributed by atoms with Gasteiger partial charge in [-0.05, 0) is 54.2 Å². The number of hydrogen-bond acceptors (Lipinski definition) is 4. The van der Waals surface area contributed by atoms with Crippen LogP contribution >= 0.6 is 0 Å². The molecule has 140 valence electrons.